The topological polar surface area (TPSA) is 45.5 Å². The van der Waals surface area contributed by atoms with Crippen molar-refractivity contribution in [3.63, 3.8) is 0 Å². The van der Waals surface area contributed by atoms with E-state index in [-0.39, 0.29) is 12.5 Å². The lowest BCUT2D eigenvalue weighted by Gasteiger charge is -2.22. The van der Waals surface area contributed by atoms with Gasteiger partial charge >= 0.3 is 5.97 Å². The Bertz CT molecular complexity index is 1450. The molecular weight excluding hydrogens is 516 g/mol. The molecule has 1 aromatic heterocycles. The summed E-state index contributed by atoms with van der Waals surface area (Å²) in [5, 5.41) is 11.2. The Balaban J connectivity index is 0.000000281. The van der Waals surface area contributed by atoms with Gasteiger partial charge in [0.05, 0.1) is 23.7 Å². The van der Waals surface area contributed by atoms with Gasteiger partial charge in [-0.2, -0.15) is 0 Å². The quantitative estimate of drug-likeness (QED) is 0.326. The van der Waals surface area contributed by atoms with Crippen LogP contribution in [0.1, 0.15) is 69.0 Å². The van der Waals surface area contributed by atoms with Crippen molar-refractivity contribution in [3.8, 4) is 11.8 Å². The zero-order valence-corrected chi connectivity index (χ0v) is 26.0. The Kier molecular flexibility index (Phi) is 10.3. The van der Waals surface area contributed by atoms with Crippen molar-refractivity contribution in [1.82, 2.24) is 4.57 Å². The number of benzene rings is 2. The third-order valence-corrected chi connectivity index (χ3v) is 7.00. The van der Waals surface area contributed by atoms with Crippen LogP contribution in [0.5, 0.6) is 0 Å². The Morgan fingerprint density at radius 1 is 1.10 bits per heavy atom. The minimum Gasteiger partial charge on any atom is -0.481 e. The van der Waals surface area contributed by atoms with Crippen LogP contribution < -0.4 is 4.90 Å². The van der Waals surface area contributed by atoms with E-state index >= 15 is 0 Å². The van der Waals surface area contributed by atoms with Crippen LogP contribution in [0.25, 0.3) is 10.9 Å². The van der Waals surface area contributed by atoms with Crippen LogP contribution >= 0.6 is 11.6 Å². The minimum atomic E-state index is -0.788. The SMILES string of the molecule is CC(C)(C)C.Cc1c(CC(=O)O)cc2cc(C)n3c2c1N(C)CCC3C1=CC=CC#CC1.Cc1ccc(Cl)cc1. The predicted octanol–water partition coefficient (Wildman–Crippen LogP) is 8.86. The first-order chi connectivity index (χ1) is 18.8. The summed E-state index contributed by atoms with van der Waals surface area (Å²) < 4.78 is 2.44. The molecule has 1 aliphatic heterocycles. The zero-order valence-electron chi connectivity index (χ0n) is 25.2. The van der Waals surface area contributed by atoms with Crippen LogP contribution in [0.3, 0.4) is 0 Å². The van der Waals surface area contributed by atoms with Crippen molar-refractivity contribution >= 4 is 34.2 Å². The molecule has 1 atom stereocenters. The number of carboxylic acids is 1. The summed E-state index contributed by atoms with van der Waals surface area (Å²) in [6.07, 6.45) is 7.99. The Hall–Kier alpha value is -3.42. The lowest BCUT2D eigenvalue weighted by Crippen LogP contribution is -2.21. The molecule has 2 heterocycles. The second-order valence-corrected chi connectivity index (χ2v) is 12.7. The number of halogens is 1. The largest absolute Gasteiger partial charge is 0.481 e. The molecule has 0 saturated carbocycles. The monoisotopic (exact) mass is 558 g/mol. The second-order valence-electron chi connectivity index (χ2n) is 12.3. The van der Waals surface area contributed by atoms with Gasteiger partial charge in [-0.3, -0.25) is 4.79 Å². The van der Waals surface area contributed by atoms with Crippen molar-refractivity contribution < 1.29 is 9.90 Å². The van der Waals surface area contributed by atoms with Gasteiger partial charge in [-0.1, -0.05) is 81.0 Å². The van der Waals surface area contributed by atoms with Gasteiger partial charge in [0, 0.05) is 36.1 Å². The van der Waals surface area contributed by atoms with Crippen LogP contribution in [-0.2, 0) is 11.2 Å². The molecule has 0 saturated heterocycles. The number of aliphatic carboxylic acids is 1. The second kappa shape index (κ2) is 13.3. The minimum absolute atomic E-state index is 0.0573. The van der Waals surface area contributed by atoms with Crippen LogP contribution in [0.2, 0.25) is 5.02 Å². The van der Waals surface area contributed by atoms with Crippen molar-refractivity contribution in [2.75, 3.05) is 18.5 Å². The first kappa shape index (κ1) is 31.1. The molecule has 212 valence electrons. The van der Waals surface area contributed by atoms with Crippen LogP contribution in [0.15, 0.2) is 60.2 Å². The van der Waals surface area contributed by atoms with Crippen molar-refractivity contribution in [3.05, 3.63) is 87.6 Å². The molecule has 5 rings (SSSR count). The third kappa shape index (κ3) is 8.29. The van der Waals surface area contributed by atoms with Crippen molar-refractivity contribution in [1.29, 1.82) is 0 Å². The summed E-state index contributed by atoms with van der Waals surface area (Å²) in [5.74, 6) is 5.52. The number of carbonyl (C=O) groups is 1. The Morgan fingerprint density at radius 2 is 1.75 bits per heavy atom. The lowest BCUT2D eigenvalue weighted by molar-refractivity contribution is -0.136. The van der Waals surface area contributed by atoms with Gasteiger partial charge in [-0.15, -0.1) is 0 Å². The number of anilines is 1. The fourth-order valence-electron chi connectivity index (χ4n) is 5.04. The highest BCUT2D eigenvalue weighted by Gasteiger charge is 2.28. The van der Waals surface area contributed by atoms with Gasteiger partial charge in [-0.05, 0) is 79.6 Å². The maximum Gasteiger partial charge on any atom is 0.307 e. The molecule has 0 amide bonds. The summed E-state index contributed by atoms with van der Waals surface area (Å²) in [6, 6.07) is 12.3. The summed E-state index contributed by atoms with van der Waals surface area (Å²) in [7, 11) is 2.11. The molecule has 0 fully saturated rings. The maximum atomic E-state index is 11.3. The lowest BCUT2D eigenvalue weighted by atomic mass is 9.99. The number of nitrogens with zero attached hydrogens (tertiary/aromatic N) is 2. The number of aromatic nitrogens is 1. The van der Waals surface area contributed by atoms with Crippen LogP contribution in [0.4, 0.5) is 5.69 Å². The standard InChI is InChI=1S/C23H24N2O2.C7H7Cl.C5H12/c1-15-12-19-13-18(14-21(26)27)16(2)22-23(19)25(15)20(10-11-24(22)3)17-8-6-4-5-7-9-17;1-6-2-4-7(8)5-3-6;1-5(2,3)4/h4,6,8,12-13,20H,9-11,14H2,1-3H3,(H,26,27);2-5H,1H3;1-4H3. The molecule has 1 aliphatic carbocycles. The molecule has 2 aromatic carbocycles. The normalized spacial score (nSPS) is 15.9. The predicted molar refractivity (Wildman–Crippen MR) is 171 cm³/mol. The fourth-order valence-corrected chi connectivity index (χ4v) is 5.17. The van der Waals surface area contributed by atoms with E-state index in [1.807, 2.05) is 43.3 Å². The number of carboxylic acid groups (broad SMARTS) is 1. The summed E-state index contributed by atoms with van der Waals surface area (Å²) in [5.41, 5.74) is 8.64. The highest BCUT2D eigenvalue weighted by molar-refractivity contribution is 6.30. The summed E-state index contributed by atoms with van der Waals surface area (Å²) in [4.78, 5) is 13.6. The van der Waals surface area contributed by atoms with Crippen LogP contribution in [0, 0.1) is 38.0 Å². The number of aryl methyl sites for hydroxylation is 2. The average Bonchev–Trinajstić information content (AvgIpc) is 3.02. The smallest absolute Gasteiger partial charge is 0.307 e. The van der Waals surface area contributed by atoms with Gasteiger partial charge in [0.15, 0.2) is 0 Å². The molecule has 2 aliphatic rings. The highest BCUT2D eigenvalue weighted by Crippen LogP contribution is 2.42. The molecule has 4 nitrogen and oxygen atoms in total. The Morgan fingerprint density at radius 3 is 2.35 bits per heavy atom. The summed E-state index contributed by atoms with van der Waals surface area (Å²) >= 11 is 5.61. The van der Waals surface area contributed by atoms with E-state index in [4.69, 9.17) is 11.6 Å². The number of allylic oxidation sites excluding steroid dienone is 4. The number of rotatable bonds is 3. The molecule has 1 unspecified atom stereocenters. The molecule has 0 spiro atoms. The highest BCUT2D eigenvalue weighted by atomic mass is 35.5. The van der Waals surface area contributed by atoms with Crippen LogP contribution in [-0.4, -0.2) is 29.2 Å². The molecular formula is C35H43ClN2O2. The van der Waals surface area contributed by atoms with E-state index in [1.165, 1.54) is 22.3 Å². The van der Waals surface area contributed by atoms with Gasteiger partial charge in [0.1, 0.15) is 0 Å². The molecule has 0 radical (unpaired) electrons. The molecule has 0 bridgehead atoms. The Labute approximate surface area is 245 Å². The van der Waals surface area contributed by atoms with Gasteiger partial charge in [-0.25, -0.2) is 0 Å². The van der Waals surface area contributed by atoms with E-state index in [1.54, 1.807) is 0 Å². The fraction of sp³-hybridized carbons (Fsp3) is 0.400. The van der Waals surface area contributed by atoms with E-state index in [2.05, 4.69) is 88.1 Å². The van der Waals surface area contributed by atoms with Crippen molar-refractivity contribution in [2.24, 2.45) is 5.41 Å². The number of hydrogen-bond acceptors (Lipinski definition) is 2. The first-order valence-corrected chi connectivity index (χ1v) is 14.3. The summed E-state index contributed by atoms with van der Waals surface area (Å²) in [6.45, 7) is 15.9. The number of hydrogen-bond donors (Lipinski definition) is 1. The van der Waals surface area contributed by atoms with E-state index in [0.717, 1.165) is 46.6 Å². The van der Waals surface area contributed by atoms with Gasteiger partial charge < -0.3 is 14.6 Å². The molecule has 1 N–H and O–H groups in total. The molecule has 5 heteroatoms. The van der Waals surface area contributed by atoms with Gasteiger partial charge in [0.25, 0.3) is 0 Å². The van der Waals surface area contributed by atoms with Crippen molar-refractivity contribution in [2.45, 2.75) is 73.8 Å². The first-order valence-electron chi connectivity index (χ1n) is 13.9. The van der Waals surface area contributed by atoms with E-state index in [0.29, 0.717) is 5.41 Å². The average molecular weight is 559 g/mol. The third-order valence-electron chi connectivity index (χ3n) is 6.75. The molecule has 40 heavy (non-hydrogen) atoms. The maximum absolute atomic E-state index is 11.3. The van der Waals surface area contributed by atoms with Gasteiger partial charge in [0.2, 0.25) is 0 Å². The van der Waals surface area contributed by atoms with E-state index in [9.17, 15) is 9.90 Å². The zero-order chi connectivity index (χ0) is 29.6. The van der Waals surface area contributed by atoms with E-state index < -0.39 is 5.97 Å². The molecule has 3 aromatic rings.